The summed E-state index contributed by atoms with van der Waals surface area (Å²) in [5.74, 6) is 1.31. The van der Waals surface area contributed by atoms with Gasteiger partial charge in [-0.3, -0.25) is 0 Å². The average molecular weight is 322 g/mol. The molecule has 1 aromatic carbocycles. The van der Waals surface area contributed by atoms with Crippen molar-refractivity contribution < 1.29 is 9.15 Å². The van der Waals surface area contributed by atoms with Crippen LogP contribution in [0.15, 0.2) is 47.1 Å². The van der Waals surface area contributed by atoms with Crippen molar-refractivity contribution in [3.63, 3.8) is 0 Å². The molecule has 0 N–H and O–H groups in total. The van der Waals surface area contributed by atoms with E-state index in [-0.39, 0.29) is 0 Å². The summed E-state index contributed by atoms with van der Waals surface area (Å²) < 4.78 is 12.1. The zero-order valence-corrected chi connectivity index (χ0v) is 12.9. The first-order valence-corrected chi connectivity index (χ1v) is 7.60. The van der Waals surface area contributed by atoms with Gasteiger partial charge in [0.2, 0.25) is 4.96 Å². The van der Waals surface area contributed by atoms with Crippen LogP contribution in [0, 0.1) is 11.3 Å². The van der Waals surface area contributed by atoms with Crippen molar-refractivity contribution in [2.24, 2.45) is 0 Å². The molecule has 0 amide bonds. The Hall–Kier alpha value is -3.11. The second kappa shape index (κ2) is 5.26. The van der Waals surface area contributed by atoms with Crippen molar-refractivity contribution in [2.75, 3.05) is 7.11 Å². The number of hydrogen-bond acceptors (Lipinski definition) is 6. The third kappa shape index (κ3) is 2.17. The van der Waals surface area contributed by atoms with E-state index in [4.69, 9.17) is 9.15 Å². The number of imidazole rings is 1. The van der Waals surface area contributed by atoms with Crippen LogP contribution in [0.25, 0.3) is 27.0 Å². The normalized spacial score (nSPS) is 10.8. The number of nitrogens with zero attached hydrogens (tertiary/aromatic N) is 4. The molecule has 112 valence electrons. The largest absolute Gasteiger partial charge is 0.497 e. The first kappa shape index (κ1) is 13.5. The summed E-state index contributed by atoms with van der Waals surface area (Å²) in [6.45, 7) is 0. The van der Waals surface area contributed by atoms with Gasteiger partial charge in [-0.2, -0.15) is 14.9 Å². The lowest BCUT2D eigenvalue weighted by molar-refractivity contribution is 0.415. The van der Waals surface area contributed by atoms with E-state index in [9.17, 15) is 5.26 Å². The molecule has 4 rings (SSSR count). The van der Waals surface area contributed by atoms with E-state index in [0.717, 1.165) is 16.3 Å². The third-order valence-electron chi connectivity index (χ3n) is 3.38. The first-order chi connectivity index (χ1) is 11.3. The van der Waals surface area contributed by atoms with Gasteiger partial charge in [-0.05, 0) is 24.3 Å². The summed E-state index contributed by atoms with van der Waals surface area (Å²) in [5, 5.41) is 14.7. The molecule has 4 aromatic rings. The van der Waals surface area contributed by atoms with E-state index in [2.05, 4.69) is 16.2 Å². The van der Waals surface area contributed by atoms with E-state index >= 15 is 0 Å². The maximum atomic E-state index is 9.46. The Morgan fingerprint density at radius 2 is 2.22 bits per heavy atom. The van der Waals surface area contributed by atoms with E-state index in [1.54, 1.807) is 30.0 Å². The molecule has 6 nitrogen and oxygen atoms in total. The minimum absolute atomic E-state index is 0.361. The van der Waals surface area contributed by atoms with Crippen molar-refractivity contribution in [3.8, 4) is 33.8 Å². The monoisotopic (exact) mass is 322 g/mol. The lowest BCUT2D eigenvalue weighted by atomic mass is 10.2. The van der Waals surface area contributed by atoms with Gasteiger partial charge < -0.3 is 9.15 Å². The van der Waals surface area contributed by atoms with Crippen LogP contribution in [-0.2, 0) is 0 Å². The maximum absolute atomic E-state index is 9.46. The van der Waals surface area contributed by atoms with Crippen molar-refractivity contribution in [1.29, 1.82) is 5.26 Å². The summed E-state index contributed by atoms with van der Waals surface area (Å²) in [7, 11) is 1.62. The fourth-order valence-corrected chi connectivity index (χ4v) is 3.20. The van der Waals surface area contributed by atoms with Crippen LogP contribution in [-0.4, -0.2) is 21.7 Å². The molecule has 7 heteroatoms. The minimum Gasteiger partial charge on any atom is -0.497 e. The van der Waals surface area contributed by atoms with E-state index < -0.39 is 0 Å². The summed E-state index contributed by atoms with van der Waals surface area (Å²) in [6, 6.07) is 13.3. The van der Waals surface area contributed by atoms with E-state index in [0.29, 0.717) is 22.1 Å². The van der Waals surface area contributed by atoms with Crippen LogP contribution in [0.5, 0.6) is 5.75 Å². The fourth-order valence-electron chi connectivity index (χ4n) is 2.31. The highest BCUT2D eigenvalue weighted by molar-refractivity contribution is 7.19. The number of ether oxygens (including phenoxy) is 1. The highest BCUT2D eigenvalue weighted by Crippen LogP contribution is 2.32. The molecule has 3 heterocycles. The summed E-state index contributed by atoms with van der Waals surface area (Å²) in [5.41, 5.74) is 1.79. The molecule has 3 aromatic heterocycles. The second-order valence-electron chi connectivity index (χ2n) is 4.73. The third-order valence-corrected chi connectivity index (χ3v) is 4.34. The van der Waals surface area contributed by atoms with Gasteiger partial charge in [0.15, 0.2) is 11.5 Å². The number of furan rings is 1. The number of benzene rings is 1. The number of rotatable bonds is 3. The standard InChI is InChI=1S/C16H10N4O2S/c1-21-11-5-2-4-10(8-11)15-19-20-12(9-17)14(18-16(20)23-15)13-6-3-7-22-13/h2-8H,1H3. The zero-order chi connectivity index (χ0) is 15.8. The maximum Gasteiger partial charge on any atom is 0.214 e. The molecule has 0 saturated carbocycles. The van der Waals surface area contributed by atoms with Crippen molar-refractivity contribution >= 4 is 16.3 Å². The van der Waals surface area contributed by atoms with Gasteiger partial charge in [-0.25, -0.2) is 4.98 Å². The number of fused-ring (bicyclic) bond motifs is 1. The summed E-state index contributed by atoms with van der Waals surface area (Å²) in [4.78, 5) is 5.13. The topological polar surface area (TPSA) is 76.3 Å². The zero-order valence-electron chi connectivity index (χ0n) is 12.1. The quantitative estimate of drug-likeness (QED) is 0.576. The van der Waals surface area contributed by atoms with Gasteiger partial charge in [-0.15, -0.1) is 0 Å². The molecule has 0 saturated heterocycles. The first-order valence-electron chi connectivity index (χ1n) is 6.78. The Kier molecular flexibility index (Phi) is 3.10. The smallest absolute Gasteiger partial charge is 0.214 e. The average Bonchev–Trinajstić information content (AvgIpc) is 3.29. The van der Waals surface area contributed by atoms with Gasteiger partial charge >= 0.3 is 0 Å². The molecule has 0 bridgehead atoms. The van der Waals surface area contributed by atoms with Crippen molar-refractivity contribution in [1.82, 2.24) is 14.6 Å². The molecule has 0 atom stereocenters. The van der Waals surface area contributed by atoms with Crippen LogP contribution >= 0.6 is 11.3 Å². The van der Waals surface area contributed by atoms with Crippen LogP contribution in [0.1, 0.15) is 5.69 Å². The molecule has 0 unspecified atom stereocenters. The van der Waals surface area contributed by atoms with Crippen molar-refractivity contribution in [3.05, 3.63) is 48.4 Å². The lowest BCUT2D eigenvalue weighted by Gasteiger charge is -2.00. The highest BCUT2D eigenvalue weighted by atomic mass is 32.1. The molecular weight excluding hydrogens is 312 g/mol. The van der Waals surface area contributed by atoms with Crippen LogP contribution < -0.4 is 4.74 Å². The van der Waals surface area contributed by atoms with Crippen LogP contribution in [0.3, 0.4) is 0 Å². The van der Waals surface area contributed by atoms with Gasteiger partial charge in [0, 0.05) is 5.56 Å². The van der Waals surface area contributed by atoms with Crippen molar-refractivity contribution in [2.45, 2.75) is 0 Å². The molecule has 23 heavy (non-hydrogen) atoms. The second-order valence-corrected chi connectivity index (χ2v) is 5.69. The SMILES string of the molecule is COc1cccc(-c2nn3c(C#N)c(-c4ccco4)nc3s2)c1. The summed E-state index contributed by atoms with van der Waals surface area (Å²) in [6.07, 6.45) is 1.55. The Labute approximate surface area is 135 Å². The van der Waals surface area contributed by atoms with Gasteiger partial charge in [0.25, 0.3) is 0 Å². The minimum atomic E-state index is 0.361. The van der Waals surface area contributed by atoms with E-state index in [1.165, 1.54) is 11.3 Å². The molecule has 0 aliphatic carbocycles. The number of hydrogen-bond donors (Lipinski definition) is 0. The van der Waals surface area contributed by atoms with Crippen LogP contribution in [0.2, 0.25) is 0 Å². The molecular formula is C16H10N4O2S. The fraction of sp³-hybridized carbons (Fsp3) is 0.0625. The Balaban J connectivity index is 1.86. The van der Waals surface area contributed by atoms with Gasteiger partial charge in [0.1, 0.15) is 22.5 Å². The molecule has 0 radical (unpaired) electrons. The van der Waals surface area contributed by atoms with E-state index in [1.807, 2.05) is 24.3 Å². The number of methoxy groups -OCH3 is 1. The Morgan fingerprint density at radius 1 is 1.30 bits per heavy atom. The van der Waals surface area contributed by atoms with Crippen LogP contribution in [0.4, 0.5) is 0 Å². The number of nitriles is 1. The van der Waals surface area contributed by atoms with Gasteiger partial charge in [0.05, 0.1) is 13.4 Å². The molecule has 0 spiro atoms. The summed E-state index contributed by atoms with van der Waals surface area (Å²) >= 11 is 1.41. The molecule has 0 fully saturated rings. The van der Waals surface area contributed by atoms with Gasteiger partial charge in [-0.1, -0.05) is 23.5 Å². The molecule has 0 aliphatic rings. The lowest BCUT2D eigenvalue weighted by Crippen LogP contribution is -1.91. The predicted molar refractivity (Wildman–Crippen MR) is 85.3 cm³/mol. The highest BCUT2D eigenvalue weighted by Gasteiger charge is 2.20. The molecule has 0 aliphatic heterocycles. The Bertz CT molecular complexity index is 1020. The number of aromatic nitrogens is 3. The Morgan fingerprint density at radius 3 is 2.96 bits per heavy atom. The predicted octanol–water partition coefficient (Wildman–Crippen LogP) is 3.60.